The average Bonchev–Trinajstić information content (AvgIpc) is 2.41. The fourth-order valence-corrected chi connectivity index (χ4v) is 3.59. The zero-order valence-corrected chi connectivity index (χ0v) is 14.3. The fourth-order valence-electron chi connectivity index (χ4n) is 2.75. The van der Waals surface area contributed by atoms with Crippen molar-refractivity contribution in [3.8, 4) is 5.75 Å². The van der Waals surface area contributed by atoms with Crippen molar-refractivity contribution in [2.24, 2.45) is 5.92 Å². The highest BCUT2D eigenvalue weighted by Gasteiger charge is 2.26. The fraction of sp³-hybridized carbons (Fsp3) is 0.600. The lowest BCUT2D eigenvalue weighted by Crippen LogP contribution is -2.45. The number of piperazine rings is 1. The van der Waals surface area contributed by atoms with Crippen molar-refractivity contribution < 1.29 is 5.11 Å². The molecule has 0 spiro atoms. The predicted molar refractivity (Wildman–Crippen MR) is 87.5 cm³/mol. The highest BCUT2D eigenvalue weighted by molar-refractivity contribution is 9.10. The van der Waals surface area contributed by atoms with Crippen molar-refractivity contribution in [2.75, 3.05) is 26.2 Å². The van der Waals surface area contributed by atoms with Crippen LogP contribution in [0.4, 0.5) is 0 Å². The number of hydrogen-bond donors (Lipinski definition) is 2. The number of nitrogens with one attached hydrogen (secondary N) is 1. The minimum atomic E-state index is 0.215. The Morgan fingerprint density at radius 3 is 2.60 bits per heavy atom. The van der Waals surface area contributed by atoms with Crippen LogP contribution < -0.4 is 5.32 Å². The maximum Gasteiger partial charge on any atom is 0.134 e. The molecule has 2 N–H and O–H groups in total. The van der Waals surface area contributed by atoms with Crippen molar-refractivity contribution in [1.82, 2.24) is 10.2 Å². The molecule has 0 aliphatic carbocycles. The molecule has 0 bridgehead atoms. The smallest absolute Gasteiger partial charge is 0.134 e. The monoisotopic (exact) mass is 360 g/mol. The van der Waals surface area contributed by atoms with Crippen LogP contribution in [0.1, 0.15) is 31.9 Å². The van der Waals surface area contributed by atoms with Crippen molar-refractivity contribution in [3.63, 3.8) is 0 Å². The average molecular weight is 362 g/mol. The van der Waals surface area contributed by atoms with E-state index in [1.54, 1.807) is 6.07 Å². The number of benzene rings is 1. The molecule has 2 rings (SSSR count). The van der Waals surface area contributed by atoms with Gasteiger partial charge in [-0.15, -0.1) is 0 Å². The van der Waals surface area contributed by atoms with Gasteiger partial charge in [0.25, 0.3) is 0 Å². The molecule has 20 heavy (non-hydrogen) atoms. The van der Waals surface area contributed by atoms with Crippen LogP contribution >= 0.6 is 27.5 Å². The number of hydrogen-bond acceptors (Lipinski definition) is 3. The number of aromatic hydroxyl groups is 1. The number of rotatable bonds is 4. The summed E-state index contributed by atoms with van der Waals surface area (Å²) in [5.74, 6) is 0.880. The van der Waals surface area contributed by atoms with Gasteiger partial charge < -0.3 is 10.4 Å². The summed E-state index contributed by atoms with van der Waals surface area (Å²) in [7, 11) is 0. The molecule has 1 aliphatic rings. The van der Waals surface area contributed by atoms with Crippen LogP contribution in [0.3, 0.4) is 0 Å². The van der Waals surface area contributed by atoms with E-state index in [2.05, 4.69) is 40.0 Å². The van der Waals surface area contributed by atoms with E-state index in [1.165, 1.54) is 0 Å². The second-order valence-corrected chi connectivity index (χ2v) is 7.05. The molecule has 0 unspecified atom stereocenters. The van der Waals surface area contributed by atoms with Gasteiger partial charge in [-0.05, 0) is 40.4 Å². The number of phenols is 1. The molecule has 1 saturated heterocycles. The second kappa shape index (κ2) is 7.12. The Balaban J connectivity index is 2.34. The van der Waals surface area contributed by atoms with E-state index in [0.717, 1.165) is 38.2 Å². The van der Waals surface area contributed by atoms with Gasteiger partial charge in [0.1, 0.15) is 5.75 Å². The third-order valence-corrected chi connectivity index (χ3v) is 4.53. The Hall–Kier alpha value is -0.290. The van der Waals surface area contributed by atoms with Crippen molar-refractivity contribution >= 4 is 27.5 Å². The second-order valence-electron chi connectivity index (χ2n) is 5.76. The van der Waals surface area contributed by atoms with Crippen LogP contribution in [0, 0.1) is 5.92 Å². The zero-order valence-electron chi connectivity index (χ0n) is 12.0. The molecule has 0 radical (unpaired) electrons. The van der Waals surface area contributed by atoms with Crippen LogP contribution in [0.15, 0.2) is 16.6 Å². The summed E-state index contributed by atoms with van der Waals surface area (Å²) in [6.45, 7) is 8.42. The van der Waals surface area contributed by atoms with Gasteiger partial charge in [-0.25, -0.2) is 0 Å². The SMILES string of the molecule is CC(C)C[C@@H](c1cc(Cl)cc(Br)c1O)N1CCNCC1. The lowest BCUT2D eigenvalue weighted by atomic mass is 9.94. The molecule has 1 aromatic carbocycles. The molecular formula is C15H22BrClN2O. The quantitative estimate of drug-likeness (QED) is 0.856. The van der Waals surface area contributed by atoms with Crippen LogP contribution in [0.25, 0.3) is 0 Å². The van der Waals surface area contributed by atoms with Gasteiger partial charge in [0.15, 0.2) is 0 Å². The highest BCUT2D eigenvalue weighted by atomic mass is 79.9. The molecule has 5 heteroatoms. The minimum Gasteiger partial charge on any atom is -0.506 e. The molecule has 0 amide bonds. The lowest BCUT2D eigenvalue weighted by Gasteiger charge is -2.36. The largest absolute Gasteiger partial charge is 0.506 e. The Morgan fingerprint density at radius 2 is 2.00 bits per heavy atom. The normalized spacial score (nSPS) is 18.4. The van der Waals surface area contributed by atoms with E-state index in [-0.39, 0.29) is 6.04 Å². The van der Waals surface area contributed by atoms with Gasteiger partial charge in [0.2, 0.25) is 0 Å². The van der Waals surface area contributed by atoms with E-state index in [4.69, 9.17) is 11.6 Å². The van der Waals surface area contributed by atoms with Crippen LogP contribution in [-0.4, -0.2) is 36.2 Å². The van der Waals surface area contributed by atoms with E-state index in [0.29, 0.717) is 21.2 Å². The van der Waals surface area contributed by atoms with Gasteiger partial charge in [-0.1, -0.05) is 25.4 Å². The zero-order chi connectivity index (χ0) is 14.7. The van der Waals surface area contributed by atoms with Gasteiger partial charge >= 0.3 is 0 Å². The standard InChI is InChI=1S/C15H22BrClN2O/c1-10(2)7-14(19-5-3-18-4-6-19)12-8-11(17)9-13(16)15(12)20/h8-10,14,18,20H,3-7H2,1-2H3/t14-/m0/s1. The van der Waals surface area contributed by atoms with E-state index < -0.39 is 0 Å². The number of nitrogens with zero attached hydrogens (tertiary/aromatic N) is 1. The van der Waals surface area contributed by atoms with Crippen LogP contribution in [0.2, 0.25) is 5.02 Å². The summed E-state index contributed by atoms with van der Waals surface area (Å²) >= 11 is 9.56. The molecule has 0 saturated carbocycles. The Morgan fingerprint density at radius 1 is 1.35 bits per heavy atom. The first-order chi connectivity index (χ1) is 9.49. The van der Waals surface area contributed by atoms with E-state index >= 15 is 0 Å². The predicted octanol–water partition coefficient (Wildman–Crippen LogP) is 3.80. The third kappa shape index (κ3) is 3.88. The molecule has 1 fully saturated rings. The van der Waals surface area contributed by atoms with Crippen LogP contribution in [-0.2, 0) is 0 Å². The summed E-state index contributed by atoms with van der Waals surface area (Å²) < 4.78 is 0.670. The Kier molecular flexibility index (Phi) is 5.73. The summed E-state index contributed by atoms with van der Waals surface area (Å²) in [6, 6.07) is 3.86. The number of phenolic OH excluding ortho intramolecular Hbond substituents is 1. The van der Waals surface area contributed by atoms with Gasteiger partial charge in [-0.2, -0.15) is 0 Å². The molecule has 112 valence electrons. The molecule has 1 atom stereocenters. The highest BCUT2D eigenvalue weighted by Crippen LogP contribution is 2.39. The summed E-state index contributed by atoms with van der Waals surface area (Å²) in [4.78, 5) is 2.44. The van der Waals surface area contributed by atoms with Crippen molar-refractivity contribution in [3.05, 3.63) is 27.2 Å². The van der Waals surface area contributed by atoms with Gasteiger partial charge in [0.05, 0.1) is 4.47 Å². The molecular weight excluding hydrogens is 340 g/mol. The Bertz CT molecular complexity index is 461. The molecule has 0 aromatic heterocycles. The summed E-state index contributed by atoms with van der Waals surface area (Å²) in [6.07, 6.45) is 1.01. The van der Waals surface area contributed by atoms with Crippen molar-refractivity contribution in [2.45, 2.75) is 26.3 Å². The summed E-state index contributed by atoms with van der Waals surface area (Å²) in [5.41, 5.74) is 0.931. The van der Waals surface area contributed by atoms with Gasteiger partial charge in [0, 0.05) is 42.8 Å². The summed E-state index contributed by atoms with van der Waals surface area (Å²) in [5, 5.41) is 14.4. The topological polar surface area (TPSA) is 35.5 Å². The first-order valence-corrected chi connectivity index (χ1v) is 8.28. The van der Waals surface area contributed by atoms with Gasteiger partial charge in [-0.3, -0.25) is 4.90 Å². The molecule has 1 aliphatic heterocycles. The lowest BCUT2D eigenvalue weighted by molar-refractivity contribution is 0.151. The minimum absolute atomic E-state index is 0.215. The van der Waals surface area contributed by atoms with Crippen LogP contribution in [0.5, 0.6) is 5.75 Å². The van der Waals surface area contributed by atoms with E-state index in [1.807, 2.05) is 6.07 Å². The maximum atomic E-state index is 10.4. The number of halogens is 2. The Labute approximate surface area is 134 Å². The molecule has 1 heterocycles. The third-order valence-electron chi connectivity index (χ3n) is 3.70. The van der Waals surface area contributed by atoms with Crippen molar-refractivity contribution in [1.29, 1.82) is 0 Å². The first kappa shape index (κ1) is 16.1. The maximum absolute atomic E-state index is 10.4. The van der Waals surface area contributed by atoms with E-state index in [9.17, 15) is 5.11 Å². The molecule has 3 nitrogen and oxygen atoms in total. The first-order valence-electron chi connectivity index (χ1n) is 7.11. The molecule has 1 aromatic rings.